The van der Waals surface area contributed by atoms with Crippen LogP contribution < -0.4 is 0 Å². The summed E-state index contributed by atoms with van der Waals surface area (Å²) in [4.78, 5) is 22.8. The van der Waals surface area contributed by atoms with Gasteiger partial charge in [-0.2, -0.15) is 0 Å². The molecular formula is C10H14O3. The van der Waals surface area contributed by atoms with Gasteiger partial charge in [-0.1, -0.05) is 0 Å². The minimum Gasteiger partial charge on any atom is -0.381 e. The third-order valence-corrected chi connectivity index (χ3v) is 2.77. The van der Waals surface area contributed by atoms with Crippen LogP contribution in [0.2, 0.25) is 0 Å². The number of hydrogen-bond donors (Lipinski definition) is 0. The van der Waals surface area contributed by atoms with E-state index < -0.39 is 0 Å². The van der Waals surface area contributed by atoms with Crippen LogP contribution in [0.1, 0.15) is 25.7 Å². The second-order valence-electron chi connectivity index (χ2n) is 3.94. The number of carbonyl (C=O) groups is 2. The van der Waals surface area contributed by atoms with Crippen molar-refractivity contribution in [2.24, 2.45) is 11.8 Å². The molecular weight excluding hydrogens is 168 g/mol. The normalized spacial score (nSPS) is 27.5. The Morgan fingerprint density at radius 3 is 2.31 bits per heavy atom. The van der Waals surface area contributed by atoms with Gasteiger partial charge in [-0.15, -0.1) is 0 Å². The summed E-state index contributed by atoms with van der Waals surface area (Å²) < 4.78 is 5.10. The summed E-state index contributed by atoms with van der Waals surface area (Å²) in [6, 6.07) is 0. The predicted molar refractivity (Wildman–Crippen MR) is 46.3 cm³/mol. The molecule has 0 spiro atoms. The lowest BCUT2D eigenvalue weighted by Gasteiger charge is -2.04. The first-order valence-electron chi connectivity index (χ1n) is 4.90. The highest BCUT2D eigenvalue weighted by Crippen LogP contribution is 2.31. The fraction of sp³-hybridized carbons (Fsp3) is 0.800. The average molecular weight is 182 g/mol. The fourth-order valence-corrected chi connectivity index (χ4v) is 1.65. The van der Waals surface area contributed by atoms with Crippen molar-refractivity contribution in [2.75, 3.05) is 13.2 Å². The van der Waals surface area contributed by atoms with Crippen molar-refractivity contribution in [1.82, 2.24) is 0 Å². The molecule has 2 rings (SSSR count). The maximum absolute atomic E-state index is 11.5. The van der Waals surface area contributed by atoms with Crippen molar-refractivity contribution >= 4 is 11.6 Å². The Bertz CT molecular complexity index is 224. The molecule has 2 fully saturated rings. The van der Waals surface area contributed by atoms with E-state index in [1.807, 2.05) is 0 Å². The first-order chi connectivity index (χ1) is 6.27. The summed E-state index contributed by atoms with van der Waals surface area (Å²) in [7, 11) is 0. The summed E-state index contributed by atoms with van der Waals surface area (Å²) in [5.41, 5.74) is 0. The molecule has 0 aromatic rings. The van der Waals surface area contributed by atoms with Gasteiger partial charge < -0.3 is 4.74 Å². The second-order valence-corrected chi connectivity index (χ2v) is 3.94. The monoisotopic (exact) mass is 182 g/mol. The highest BCUT2D eigenvalue weighted by molar-refractivity contribution is 6.01. The third kappa shape index (κ3) is 2.15. The number of ether oxygens (including phenoxy) is 1. The maximum atomic E-state index is 11.5. The van der Waals surface area contributed by atoms with Gasteiger partial charge >= 0.3 is 0 Å². The molecule has 1 saturated heterocycles. The van der Waals surface area contributed by atoms with Crippen LogP contribution in [0.3, 0.4) is 0 Å². The van der Waals surface area contributed by atoms with E-state index in [2.05, 4.69) is 0 Å². The zero-order valence-electron chi connectivity index (χ0n) is 7.62. The van der Waals surface area contributed by atoms with E-state index in [0.717, 1.165) is 19.3 Å². The number of carbonyl (C=O) groups excluding carboxylic acids is 2. The van der Waals surface area contributed by atoms with Crippen molar-refractivity contribution < 1.29 is 14.3 Å². The summed E-state index contributed by atoms with van der Waals surface area (Å²) in [5.74, 6) is 0.459. The molecule has 0 aromatic heterocycles. The van der Waals surface area contributed by atoms with Crippen LogP contribution in [-0.2, 0) is 14.3 Å². The third-order valence-electron chi connectivity index (χ3n) is 2.77. The molecule has 1 heterocycles. The molecule has 1 aliphatic carbocycles. The number of rotatable bonds is 4. The van der Waals surface area contributed by atoms with Crippen LogP contribution in [0.4, 0.5) is 0 Å². The smallest absolute Gasteiger partial charge is 0.145 e. The molecule has 1 aliphatic heterocycles. The molecule has 0 aromatic carbocycles. The number of ketones is 2. The Morgan fingerprint density at radius 1 is 1.08 bits per heavy atom. The van der Waals surface area contributed by atoms with Crippen LogP contribution in [0.25, 0.3) is 0 Å². The zero-order chi connectivity index (χ0) is 9.26. The number of hydrogen-bond acceptors (Lipinski definition) is 3. The van der Waals surface area contributed by atoms with E-state index >= 15 is 0 Å². The van der Waals surface area contributed by atoms with Crippen molar-refractivity contribution in [3.8, 4) is 0 Å². The topological polar surface area (TPSA) is 43.4 Å². The summed E-state index contributed by atoms with van der Waals surface area (Å²) in [6.45, 7) is 1.20. The first kappa shape index (κ1) is 8.88. The van der Waals surface area contributed by atoms with Gasteiger partial charge in [0.05, 0.1) is 13.0 Å². The van der Waals surface area contributed by atoms with Gasteiger partial charge in [0, 0.05) is 18.4 Å². The second kappa shape index (κ2) is 3.58. The highest BCUT2D eigenvalue weighted by atomic mass is 16.5. The van der Waals surface area contributed by atoms with Crippen LogP contribution >= 0.6 is 0 Å². The van der Waals surface area contributed by atoms with Crippen molar-refractivity contribution in [1.29, 1.82) is 0 Å². The van der Waals surface area contributed by atoms with E-state index in [1.165, 1.54) is 0 Å². The molecule has 72 valence electrons. The Morgan fingerprint density at radius 2 is 1.77 bits per heavy atom. The predicted octanol–water partition coefficient (Wildman–Crippen LogP) is 0.961. The Hall–Kier alpha value is -0.700. The number of Topliss-reactive ketones (excluding diaryl/α,β-unsaturated/α-hetero) is 2. The molecule has 13 heavy (non-hydrogen) atoms. The van der Waals surface area contributed by atoms with E-state index in [4.69, 9.17) is 4.74 Å². The quantitative estimate of drug-likeness (QED) is 0.608. The zero-order valence-corrected chi connectivity index (χ0v) is 7.62. The lowest BCUT2D eigenvalue weighted by molar-refractivity contribution is -0.129. The Kier molecular flexibility index (Phi) is 2.44. The standard InChI is InChI=1S/C10H14O3/c11-9(7-1-2-7)5-10(12)8-3-4-13-6-8/h7-8H,1-6H2. The average Bonchev–Trinajstić information content (AvgIpc) is 2.81. The van der Waals surface area contributed by atoms with Gasteiger partial charge in [0.2, 0.25) is 0 Å². The van der Waals surface area contributed by atoms with E-state index in [9.17, 15) is 9.59 Å². The van der Waals surface area contributed by atoms with Gasteiger partial charge in [-0.25, -0.2) is 0 Å². The molecule has 1 atom stereocenters. The first-order valence-corrected chi connectivity index (χ1v) is 4.90. The van der Waals surface area contributed by atoms with Gasteiger partial charge in [-0.3, -0.25) is 9.59 Å². The molecule has 0 radical (unpaired) electrons. The van der Waals surface area contributed by atoms with Crippen LogP contribution in [0, 0.1) is 11.8 Å². The molecule has 0 bridgehead atoms. The highest BCUT2D eigenvalue weighted by Gasteiger charge is 2.33. The minimum atomic E-state index is 0.00250. The van der Waals surface area contributed by atoms with Crippen LogP contribution in [-0.4, -0.2) is 24.8 Å². The molecule has 1 saturated carbocycles. The van der Waals surface area contributed by atoms with Gasteiger partial charge in [0.15, 0.2) is 0 Å². The van der Waals surface area contributed by atoms with Gasteiger partial charge in [0.1, 0.15) is 11.6 Å². The van der Waals surface area contributed by atoms with Crippen molar-refractivity contribution in [3.05, 3.63) is 0 Å². The van der Waals surface area contributed by atoms with Crippen molar-refractivity contribution in [3.63, 3.8) is 0 Å². The molecule has 2 aliphatic rings. The largest absolute Gasteiger partial charge is 0.381 e. The van der Waals surface area contributed by atoms with Crippen molar-refractivity contribution in [2.45, 2.75) is 25.7 Å². The molecule has 0 amide bonds. The minimum absolute atomic E-state index is 0.00250. The molecule has 1 unspecified atom stereocenters. The van der Waals surface area contributed by atoms with Crippen LogP contribution in [0.5, 0.6) is 0 Å². The van der Waals surface area contributed by atoms with E-state index in [0.29, 0.717) is 13.2 Å². The van der Waals surface area contributed by atoms with Crippen LogP contribution in [0.15, 0.2) is 0 Å². The Balaban J connectivity index is 1.79. The lowest BCUT2D eigenvalue weighted by atomic mass is 9.98. The summed E-state index contributed by atoms with van der Waals surface area (Å²) in [5, 5.41) is 0. The maximum Gasteiger partial charge on any atom is 0.145 e. The summed E-state index contributed by atoms with van der Waals surface area (Å²) >= 11 is 0. The van der Waals surface area contributed by atoms with E-state index in [-0.39, 0.29) is 29.8 Å². The molecule has 3 heteroatoms. The molecule has 3 nitrogen and oxygen atoms in total. The van der Waals surface area contributed by atoms with Gasteiger partial charge in [0.25, 0.3) is 0 Å². The Labute approximate surface area is 77.4 Å². The summed E-state index contributed by atoms with van der Waals surface area (Å²) in [6.07, 6.45) is 2.94. The van der Waals surface area contributed by atoms with E-state index in [1.54, 1.807) is 0 Å². The lowest BCUT2D eigenvalue weighted by Crippen LogP contribution is -2.18. The fourth-order valence-electron chi connectivity index (χ4n) is 1.65. The van der Waals surface area contributed by atoms with Gasteiger partial charge in [-0.05, 0) is 19.3 Å². The SMILES string of the molecule is O=C(CC(=O)C1CCOC1)C1CC1. The molecule has 0 N–H and O–H groups in total.